The van der Waals surface area contributed by atoms with Gasteiger partial charge in [-0.3, -0.25) is 14.2 Å². The Labute approximate surface area is 182 Å². The third-order valence-electron chi connectivity index (χ3n) is 4.60. The standard InChI is InChI=1S/C20H22ClN3O3S2/c1-3-23(12-14-6-8-17(21)29-14)18(25)13-5-7-15-16(11-13)22-20(28)24(19(15)26)9-4-10-27-2/h5-8,11H,3-4,9-10,12H2,1-2H3,(H,22,28). The topological polar surface area (TPSA) is 67.3 Å². The molecule has 0 spiro atoms. The SMILES string of the molecule is CCN(Cc1ccc(Cl)s1)C(=O)c1ccc2c(=O)n(CCCOC)c(=S)[nH]c2c1. The number of methoxy groups -OCH3 is 1. The third kappa shape index (κ3) is 4.95. The Bertz CT molecular complexity index is 1140. The lowest BCUT2D eigenvalue weighted by molar-refractivity contribution is 0.0754. The van der Waals surface area contributed by atoms with Gasteiger partial charge in [-0.2, -0.15) is 0 Å². The van der Waals surface area contributed by atoms with Crippen molar-refractivity contribution in [1.29, 1.82) is 0 Å². The molecule has 6 nitrogen and oxygen atoms in total. The van der Waals surface area contributed by atoms with Gasteiger partial charge in [-0.25, -0.2) is 0 Å². The summed E-state index contributed by atoms with van der Waals surface area (Å²) in [5.74, 6) is -0.109. The second-order valence-corrected chi connectivity index (χ2v) is 8.71. The third-order valence-corrected chi connectivity index (χ3v) is 6.14. The summed E-state index contributed by atoms with van der Waals surface area (Å²) < 4.78 is 7.60. The van der Waals surface area contributed by atoms with E-state index < -0.39 is 0 Å². The van der Waals surface area contributed by atoms with Crippen LogP contribution >= 0.6 is 35.2 Å². The Morgan fingerprint density at radius 1 is 1.34 bits per heavy atom. The van der Waals surface area contributed by atoms with Crippen LogP contribution in [0.2, 0.25) is 4.34 Å². The van der Waals surface area contributed by atoms with Crippen molar-refractivity contribution in [3.05, 3.63) is 60.2 Å². The van der Waals surface area contributed by atoms with Crippen molar-refractivity contribution < 1.29 is 9.53 Å². The summed E-state index contributed by atoms with van der Waals surface area (Å²) >= 11 is 12.8. The van der Waals surface area contributed by atoms with Crippen LogP contribution in [0.15, 0.2) is 35.1 Å². The maximum absolute atomic E-state index is 13.0. The smallest absolute Gasteiger partial charge is 0.262 e. The lowest BCUT2D eigenvalue weighted by atomic mass is 10.1. The molecule has 1 aromatic carbocycles. The van der Waals surface area contributed by atoms with Crippen LogP contribution in [-0.4, -0.2) is 40.6 Å². The van der Waals surface area contributed by atoms with Gasteiger partial charge in [0, 0.05) is 37.2 Å². The van der Waals surface area contributed by atoms with Gasteiger partial charge in [0.15, 0.2) is 4.77 Å². The maximum atomic E-state index is 13.0. The lowest BCUT2D eigenvalue weighted by Crippen LogP contribution is -2.30. The Kier molecular flexibility index (Phi) is 7.23. The Hall–Kier alpha value is -2.00. The molecule has 3 rings (SSSR count). The molecule has 1 amide bonds. The van der Waals surface area contributed by atoms with Crippen LogP contribution in [0.5, 0.6) is 0 Å². The van der Waals surface area contributed by atoms with E-state index in [2.05, 4.69) is 4.98 Å². The second kappa shape index (κ2) is 9.67. The first-order valence-corrected chi connectivity index (χ1v) is 10.8. The number of rotatable bonds is 8. The van der Waals surface area contributed by atoms with Crippen LogP contribution in [0.4, 0.5) is 0 Å². The summed E-state index contributed by atoms with van der Waals surface area (Å²) in [4.78, 5) is 31.6. The van der Waals surface area contributed by atoms with Gasteiger partial charge in [0.05, 0.1) is 21.8 Å². The van der Waals surface area contributed by atoms with Gasteiger partial charge in [-0.05, 0) is 55.9 Å². The summed E-state index contributed by atoms with van der Waals surface area (Å²) in [5.41, 5.74) is 0.896. The monoisotopic (exact) mass is 451 g/mol. The number of thiophene rings is 1. The van der Waals surface area contributed by atoms with Gasteiger partial charge in [0.25, 0.3) is 11.5 Å². The first-order valence-electron chi connectivity index (χ1n) is 9.24. The zero-order chi connectivity index (χ0) is 21.0. The Balaban J connectivity index is 1.90. The first kappa shape index (κ1) is 21.7. The van der Waals surface area contributed by atoms with Crippen LogP contribution in [0, 0.1) is 4.77 Å². The average Bonchev–Trinajstić information content (AvgIpc) is 3.12. The number of nitrogens with zero attached hydrogens (tertiary/aromatic N) is 2. The number of carbonyl (C=O) groups excluding carboxylic acids is 1. The summed E-state index contributed by atoms with van der Waals surface area (Å²) in [6.45, 7) is 4.01. The molecule has 0 aliphatic rings. The molecule has 0 saturated carbocycles. The van der Waals surface area contributed by atoms with E-state index >= 15 is 0 Å². The molecule has 0 aliphatic heterocycles. The molecule has 2 heterocycles. The molecule has 0 unspecified atom stereocenters. The number of hydrogen-bond acceptors (Lipinski definition) is 5. The van der Waals surface area contributed by atoms with Crippen molar-refractivity contribution in [2.24, 2.45) is 0 Å². The van der Waals surface area contributed by atoms with Crippen LogP contribution in [0.1, 0.15) is 28.6 Å². The minimum Gasteiger partial charge on any atom is -0.385 e. The summed E-state index contributed by atoms with van der Waals surface area (Å²) in [6, 6.07) is 8.81. The quantitative estimate of drug-likeness (QED) is 0.405. The van der Waals surface area contributed by atoms with Crippen molar-refractivity contribution >= 4 is 52.0 Å². The minimum absolute atomic E-state index is 0.109. The van der Waals surface area contributed by atoms with Crippen LogP contribution < -0.4 is 5.56 Å². The van der Waals surface area contributed by atoms with Crippen molar-refractivity contribution in [2.45, 2.75) is 26.4 Å². The first-order chi connectivity index (χ1) is 13.9. The van der Waals surface area contributed by atoms with Crippen molar-refractivity contribution in [2.75, 3.05) is 20.3 Å². The number of benzene rings is 1. The fourth-order valence-electron chi connectivity index (χ4n) is 3.09. The molecule has 0 saturated heterocycles. The second-order valence-electron chi connectivity index (χ2n) is 6.52. The highest BCUT2D eigenvalue weighted by atomic mass is 35.5. The van der Waals surface area contributed by atoms with Gasteiger partial charge >= 0.3 is 0 Å². The molecule has 0 atom stereocenters. The van der Waals surface area contributed by atoms with E-state index in [1.54, 1.807) is 30.2 Å². The molecule has 9 heteroatoms. The molecule has 154 valence electrons. The number of aromatic amines is 1. The van der Waals surface area contributed by atoms with Gasteiger partial charge in [-0.15, -0.1) is 11.3 Å². The van der Waals surface area contributed by atoms with E-state index in [0.717, 1.165) is 4.88 Å². The molecule has 0 aliphatic carbocycles. The molecule has 3 aromatic rings. The fourth-order valence-corrected chi connectivity index (χ4v) is 4.48. The number of hydrogen-bond donors (Lipinski definition) is 1. The van der Waals surface area contributed by atoms with Crippen molar-refractivity contribution in [3.8, 4) is 0 Å². The molecular formula is C20H22ClN3O3S2. The molecule has 29 heavy (non-hydrogen) atoms. The number of nitrogens with one attached hydrogen (secondary N) is 1. The van der Waals surface area contributed by atoms with E-state index in [1.165, 1.54) is 15.9 Å². The summed E-state index contributed by atoms with van der Waals surface area (Å²) in [7, 11) is 1.62. The number of H-pyrrole nitrogens is 1. The Morgan fingerprint density at radius 2 is 2.14 bits per heavy atom. The van der Waals surface area contributed by atoms with Gasteiger partial charge in [-0.1, -0.05) is 11.6 Å². The van der Waals surface area contributed by atoms with Crippen molar-refractivity contribution in [3.63, 3.8) is 0 Å². The molecule has 1 N–H and O–H groups in total. The van der Waals surface area contributed by atoms with E-state index in [4.69, 9.17) is 28.6 Å². The zero-order valence-corrected chi connectivity index (χ0v) is 18.6. The van der Waals surface area contributed by atoms with E-state index in [1.807, 2.05) is 19.1 Å². The number of aromatic nitrogens is 2. The van der Waals surface area contributed by atoms with E-state index in [0.29, 0.717) is 58.2 Å². The van der Waals surface area contributed by atoms with E-state index in [-0.39, 0.29) is 11.5 Å². The number of ether oxygens (including phenoxy) is 1. The molecule has 0 radical (unpaired) electrons. The number of amides is 1. The van der Waals surface area contributed by atoms with Gasteiger partial charge in [0.1, 0.15) is 0 Å². The van der Waals surface area contributed by atoms with Crippen molar-refractivity contribution in [1.82, 2.24) is 14.5 Å². The predicted octanol–water partition coefficient (Wildman–Crippen LogP) is 4.47. The zero-order valence-electron chi connectivity index (χ0n) is 16.2. The van der Waals surface area contributed by atoms with Crippen LogP contribution in [0.25, 0.3) is 10.9 Å². The van der Waals surface area contributed by atoms with Crippen LogP contribution in [-0.2, 0) is 17.8 Å². The molecule has 2 aromatic heterocycles. The largest absolute Gasteiger partial charge is 0.385 e. The Morgan fingerprint density at radius 3 is 2.79 bits per heavy atom. The molecular weight excluding hydrogens is 430 g/mol. The highest BCUT2D eigenvalue weighted by molar-refractivity contribution is 7.71. The predicted molar refractivity (Wildman–Crippen MR) is 120 cm³/mol. The maximum Gasteiger partial charge on any atom is 0.262 e. The number of carbonyl (C=O) groups is 1. The van der Waals surface area contributed by atoms with Crippen LogP contribution in [0.3, 0.4) is 0 Å². The molecule has 0 bridgehead atoms. The fraction of sp³-hybridized carbons (Fsp3) is 0.350. The number of fused-ring (bicyclic) bond motifs is 1. The minimum atomic E-state index is -0.167. The normalized spacial score (nSPS) is 11.1. The van der Waals surface area contributed by atoms with E-state index in [9.17, 15) is 9.59 Å². The van der Waals surface area contributed by atoms with Gasteiger partial charge < -0.3 is 14.6 Å². The van der Waals surface area contributed by atoms with Gasteiger partial charge in [0.2, 0.25) is 0 Å². The number of halogens is 1. The summed E-state index contributed by atoms with van der Waals surface area (Å²) in [6.07, 6.45) is 0.689. The summed E-state index contributed by atoms with van der Waals surface area (Å²) in [5, 5.41) is 0.501. The average molecular weight is 452 g/mol. The lowest BCUT2D eigenvalue weighted by Gasteiger charge is -2.20. The molecule has 0 fully saturated rings. The highest BCUT2D eigenvalue weighted by Crippen LogP contribution is 2.23. The highest BCUT2D eigenvalue weighted by Gasteiger charge is 2.17.